The molecule has 2 amide bonds. The average Bonchev–Trinajstić information content (AvgIpc) is 3.39. The topological polar surface area (TPSA) is 107 Å². The van der Waals surface area contributed by atoms with E-state index >= 15 is 0 Å². The molecule has 10 heteroatoms. The monoisotopic (exact) mass is 437 g/mol. The van der Waals surface area contributed by atoms with Crippen LogP contribution in [-0.4, -0.2) is 61.1 Å². The summed E-state index contributed by atoms with van der Waals surface area (Å²) in [6.45, 7) is 5.17. The van der Waals surface area contributed by atoms with E-state index in [-0.39, 0.29) is 11.9 Å². The third kappa shape index (κ3) is 4.34. The number of rotatable bonds is 5. The summed E-state index contributed by atoms with van der Waals surface area (Å²) < 4.78 is 8.65. The summed E-state index contributed by atoms with van der Waals surface area (Å²) in [6.07, 6.45) is 5.07. The fraction of sp³-hybridized carbons (Fsp3) is 0.409. The van der Waals surface area contributed by atoms with E-state index < -0.39 is 5.97 Å². The van der Waals surface area contributed by atoms with E-state index in [1.54, 1.807) is 17.9 Å². The molecule has 4 rings (SSSR count). The number of piperidine rings is 1. The molecule has 32 heavy (non-hydrogen) atoms. The van der Waals surface area contributed by atoms with Crippen LogP contribution in [0.15, 0.2) is 36.8 Å². The lowest BCUT2D eigenvalue weighted by Crippen LogP contribution is -2.42. The number of carbonyl (C=O) groups is 2. The number of hydrogen-bond acceptors (Lipinski definition) is 6. The van der Waals surface area contributed by atoms with E-state index in [1.807, 2.05) is 47.7 Å². The minimum atomic E-state index is -0.400. The first-order valence-corrected chi connectivity index (χ1v) is 10.7. The summed E-state index contributed by atoms with van der Waals surface area (Å²) >= 11 is 0. The van der Waals surface area contributed by atoms with Crippen LogP contribution in [0.5, 0.6) is 0 Å². The van der Waals surface area contributed by atoms with E-state index in [9.17, 15) is 9.59 Å². The molecule has 2 aromatic heterocycles. The molecule has 0 spiro atoms. The largest absolute Gasteiger partial charge is 0.462 e. The Morgan fingerprint density at radius 1 is 1.31 bits per heavy atom. The second-order valence-corrected chi connectivity index (χ2v) is 7.84. The number of amides is 2. The van der Waals surface area contributed by atoms with Crippen molar-refractivity contribution in [1.82, 2.24) is 29.4 Å². The lowest BCUT2D eigenvalue weighted by Gasteiger charge is -2.32. The van der Waals surface area contributed by atoms with Crippen molar-refractivity contribution in [2.24, 2.45) is 7.05 Å². The molecule has 1 saturated heterocycles. The molecule has 3 aromatic rings. The number of ether oxygens (including phenoxy) is 1. The van der Waals surface area contributed by atoms with Gasteiger partial charge in [-0.1, -0.05) is 6.07 Å². The van der Waals surface area contributed by atoms with Gasteiger partial charge in [-0.2, -0.15) is 5.10 Å². The van der Waals surface area contributed by atoms with Gasteiger partial charge in [0.15, 0.2) is 0 Å². The summed E-state index contributed by atoms with van der Waals surface area (Å²) in [5.74, 6) is 0.667. The maximum Gasteiger partial charge on any atom is 0.341 e. The third-order valence-electron chi connectivity index (χ3n) is 5.67. The number of likely N-dealkylation sites (tertiary alicyclic amines) is 1. The van der Waals surface area contributed by atoms with Crippen molar-refractivity contribution >= 4 is 17.7 Å². The molecule has 0 aliphatic carbocycles. The van der Waals surface area contributed by atoms with Crippen LogP contribution in [0.1, 0.15) is 47.6 Å². The number of esters is 1. The number of hydrogen-bond donors (Lipinski definition) is 1. The van der Waals surface area contributed by atoms with Gasteiger partial charge in [-0.05, 0) is 44.9 Å². The molecular weight excluding hydrogens is 410 g/mol. The maximum atomic E-state index is 12.9. The number of benzene rings is 1. The zero-order valence-electron chi connectivity index (χ0n) is 18.5. The molecule has 0 radical (unpaired) electrons. The van der Waals surface area contributed by atoms with Gasteiger partial charge in [0.25, 0.3) is 0 Å². The predicted octanol–water partition coefficient (Wildman–Crippen LogP) is 2.90. The highest BCUT2D eigenvalue weighted by Gasteiger charge is 2.27. The molecular formula is C22H27N7O3. The van der Waals surface area contributed by atoms with Gasteiger partial charge in [-0.15, -0.1) is 10.2 Å². The SMILES string of the molecule is CCOC(=O)c1cnn(-c2cccc(NC(=O)N3CCC[C@@H](c4nncn4C)C3)c2)c1C. The molecule has 1 N–H and O–H groups in total. The first-order valence-electron chi connectivity index (χ1n) is 10.7. The van der Waals surface area contributed by atoms with Crippen LogP contribution in [-0.2, 0) is 11.8 Å². The zero-order chi connectivity index (χ0) is 22.7. The van der Waals surface area contributed by atoms with Gasteiger partial charge >= 0.3 is 12.0 Å². The Hall–Kier alpha value is -3.69. The lowest BCUT2D eigenvalue weighted by molar-refractivity contribution is 0.0525. The van der Waals surface area contributed by atoms with E-state index in [0.29, 0.717) is 36.6 Å². The van der Waals surface area contributed by atoms with Crippen LogP contribution in [0.4, 0.5) is 10.5 Å². The van der Waals surface area contributed by atoms with Crippen molar-refractivity contribution in [3.05, 3.63) is 53.9 Å². The first kappa shape index (κ1) is 21.5. The Bertz CT molecular complexity index is 1120. The number of aromatic nitrogens is 5. The van der Waals surface area contributed by atoms with Crippen molar-refractivity contribution in [2.45, 2.75) is 32.6 Å². The highest BCUT2D eigenvalue weighted by molar-refractivity contribution is 5.91. The van der Waals surface area contributed by atoms with Crippen LogP contribution in [0.25, 0.3) is 5.69 Å². The highest BCUT2D eigenvalue weighted by Crippen LogP contribution is 2.26. The van der Waals surface area contributed by atoms with Crippen LogP contribution in [0.3, 0.4) is 0 Å². The molecule has 1 aromatic carbocycles. The second-order valence-electron chi connectivity index (χ2n) is 7.84. The van der Waals surface area contributed by atoms with Gasteiger partial charge < -0.3 is 19.5 Å². The number of nitrogens with zero attached hydrogens (tertiary/aromatic N) is 6. The highest BCUT2D eigenvalue weighted by atomic mass is 16.5. The average molecular weight is 438 g/mol. The van der Waals surface area contributed by atoms with Gasteiger partial charge in [-0.25, -0.2) is 14.3 Å². The molecule has 1 fully saturated rings. The molecule has 168 valence electrons. The van der Waals surface area contributed by atoms with Crippen LogP contribution >= 0.6 is 0 Å². The van der Waals surface area contributed by atoms with E-state index in [0.717, 1.165) is 24.4 Å². The Morgan fingerprint density at radius 3 is 2.91 bits per heavy atom. The van der Waals surface area contributed by atoms with Gasteiger partial charge in [0, 0.05) is 31.7 Å². The van der Waals surface area contributed by atoms with Crippen LogP contribution < -0.4 is 5.32 Å². The van der Waals surface area contributed by atoms with E-state index in [4.69, 9.17) is 4.74 Å². The quantitative estimate of drug-likeness (QED) is 0.615. The van der Waals surface area contributed by atoms with Crippen LogP contribution in [0.2, 0.25) is 0 Å². The van der Waals surface area contributed by atoms with Crippen molar-refractivity contribution in [3.8, 4) is 5.69 Å². The fourth-order valence-electron chi connectivity index (χ4n) is 4.03. The summed E-state index contributed by atoms with van der Waals surface area (Å²) in [7, 11) is 1.92. The summed E-state index contributed by atoms with van der Waals surface area (Å²) in [5, 5.41) is 15.5. The molecule has 1 atom stereocenters. The number of urea groups is 1. The van der Waals surface area contributed by atoms with Gasteiger partial charge in [0.2, 0.25) is 0 Å². The maximum absolute atomic E-state index is 12.9. The van der Waals surface area contributed by atoms with Crippen molar-refractivity contribution in [1.29, 1.82) is 0 Å². The molecule has 1 aliphatic rings. The Kier molecular flexibility index (Phi) is 6.20. The normalized spacial score (nSPS) is 16.1. The first-order chi connectivity index (χ1) is 15.5. The Balaban J connectivity index is 1.47. The lowest BCUT2D eigenvalue weighted by atomic mass is 9.97. The summed E-state index contributed by atoms with van der Waals surface area (Å²) in [6, 6.07) is 7.22. The molecule has 1 aliphatic heterocycles. The predicted molar refractivity (Wildman–Crippen MR) is 118 cm³/mol. The number of anilines is 1. The standard InChI is InChI=1S/C22H27N7O3/c1-4-32-21(30)19-12-24-29(15(19)2)18-9-5-8-17(11-18)25-22(31)28-10-6-7-16(13-28)20-26-23-14-27(20)3/h5,8-9,11-12,14,16H,4,6-7,10,13H2,1-3H3,(H,25,31)/t16-/m1/s1. The van der Waals surface area contributed by atoms with Crippen LogP contribution in [0, 0.1) is 6.92 Å². The molecule has 0 unspecified atom stereocenters. The van der Waals surface area contributed by atoms with E-state index in [1.165, 1.54) is 6.20 Å². The minimum Gasteiger partial charge on any atom is -0.462 e. The summed E-state index contributed by atoms with van der Waals surface area (Å²) in [5.41, 5.74) is 2.49. The number of carbonyl (C=O) groups excluding carboxylic acids is 2. The van der Waals surface area contributed by atoms with Crippen molar-refractivity contribution < 1.29 is 14.3 Å². The zero-order valence-corrected chi connectivity index (χ0v) is 18.5. The summed E-state index contributed by atoms with van der Waals surface area (Å²) in [4.78, 5) is 26.8. The number of aryl methyl sites for hydroxylation is 1. The second kappa shape index (κ2) is 9.21. The molecule has 3 heterocycles. The molecule has 0 bridgehead atoms. The Morgan fingerprint density at radius 2 is 2.16 bits per heavy atom. The number of nitrogens with one attached hydrogen (secondary N) is 1. The van der Waals surface area contributed by atoms with E-state index in [2.05, 4.69) is 20.6 Å². The molecule has 10 nitrogen and oxygen atoms in total. The van der Waals surface area contributed by atoms with Gasteiger partial charge in [0.05, 0.1) is 24.2 Å². The third-order valence-corrected chi connectivity index (χ3v) is 5.67. The van der Waals surface area contributed by atoms with Gasteiger partial charge in [-0.3, -0.25) is 0 Å². The molecule has 0 saturated carbocycles. The van der Waals surface area contributed by atoms with Gasteiger partial charge in [0.1, 0.15) is 17.7 Å². The van der Waals surface area contributed by atoms with Crippen molar-refractivity contribution in [2.75, 3.05) is 25.0 Å². The Labute approximate surface area is 186 Å². The minimum absolute atomic E-state index is 0.154. The fourth-order valence-corrected chi connectivity index (χ4v) is 4.03. The smallest absolute Gasteiger partial charge is 0.341 e. The van der Waals surface area contributed by atoms with Crippen molar-refractivity contribution in [3.63, 3.8) is 0 Å².